The van der Waals surface area contributed by atoms with Gasteiger partial charge in [0.1, 0.15) is 22.3 Å². The molecular formula is C57H34N4O2. The third-order valence-electron chi connectivity index (χ3n) is 12.3. The van der Waals surface area contributed by atoms with Gasteiger partial charge in [0, 0.05) is 60.3 Å². The second-order valence-corrected chi connectivity index (χ2v) is 15.9. The van der Waals surface area contributed by atoms with Crippen LogP contribution in [0.25, 0.3) is 128 Å². The molecule has 4 aromatic heterocycles. The summed E-state index contributed by atoms with van der Waals surface area (Å²) in [5, 5.41) is 6.50. The molecule has 9 aromatic carbocycles. The molecule has 0 amide bonds. The maximum Gasteiger partial charge on any atom is 0.164 e. The molecule has 63 heavy (non-hydrogen) atoms. The van der Waals surface area contributed by atoms with Crippen molar-refractivity contribution in [2.75, 3.05) is 0 Å². The van der Waals surface area contributed by atoms with Crippen molar-refractivity contribution >= 4 is 65.7 Å². The lowest BCUT2D eigenvalue weighted by Crippen LogP contribution is -2.00. The molecule has 0 N–H and O–H groups in total. The second kappa shape index (κ2) is 14.0. The summed E-state index contributed by atoms with van der Waals surface area (Å²) < 4.78 is 15.6. The minimum Gasteiger partial charge on any atom is -0.456 e. The normalized spacial score (nSPS) is 11.8. The number of hydrogen-bond acceptors (Lipinski definition) is 5. The standard InChI is InChI=1S/C57H34N4O2/c1-3-13-35(14-4-1)36-25-27-38(28-26-36)56-58-55(37-15-5-2-6-16-37)59-57(60-56)45-21-12-24-52-53(45)44-20-11-19-41(54(44)63-52)39-29-31-50-46(33-39)47-34-40(30-32-51(47)62-50)61-48-22-9-7-17-42(48)43-18-8-10-23-49(43)61/h1-34H. The van der Waals surface area contributed by atoms with Gasteiger partial charge in [0.2, 0.25) is 0 Å². The Labute approximate surface area is 361 Å². The zero-order chi connectivity index (χ0) is 41.4. The van der Waals surface area contributed by atoms with Crippen LogP contribution in [0.3, 0.4) is 0 Å². The summed E-state index contributed by atoms with van der Waals surface area (Å²) in [6.45, 7) is 0. The number of nitrogens with zero attached hydrogens (tertiary/aromatic N) is 4. The SMILES string of the molecule is c1ccc(-c2ccc(-c3nc(-c4ccccc4)nc(-c4cccc5oc6c(-c7ccc8oc9ccc(-n%10c%11ccccc%11c%11ccccc%11%10)cc9c8c7)cccc6c45)n3)cc2)cc1. The first kappa shape index (κ1) is 35.2. The van der Waals surface area contributed by atoms with E-state index in [1.807, 2.05) is 48.5 Å². The Morgan fingerprint density at radius 1 is 0.317 bits per heavy atom. The van der Waals surface area contributed by atoms with E-state index >= 15 is 0 Å². The minimum absolute atomic E-state index is 0.579. The number of benzene rings is 9. The molecule has 0 aliphatic rings. The predicted molar refractivity (Wildman–Crippen MR) is 256 cm³/mol. The van der Waals surface area contributed by atoms with E-state index in [2.05, 4.69) is 162 Å². The van der Waals surface area contributed by atoms with E-state index in [0.29, 0.717) is 17.5 Å². The van der Waals surface area contributed by atoms with Crippen molar-refractivity contribution in [2.24, 2.45) is 0 Å². The first-order valence-electron chi connectivity index (χ1n) is 21.1. The Bertz CT molecular complexity index is 3850. The van der Waals surface area contributed by atoms with Crippen molar-refractivity contribution in [1.82, 2.24) is 19.5 Å². The van der Waals surface area contributed by atoms with Gasteiger partial charge >= 0.3 is 0 Å². The fourth-order valence-corrected chi connectivity index (χ4v) is 9.32. The third-order valence-corrected chi connectivity index (χ3v) is 12.3. The van der Waals surface area contributed by atoms with Gasteiger partial charge in [-0.15, -0.1) is 0 Å². The fourth-order valence-electron chi connectivity index (χ4n) is 9.32. The Morgan fingerprint density at radius 2 is 0.841 bits per heavy atom. The van der Waals surface area contributed by atoms with Gasteiger partial charge in [-0.1, -0.05) is 158 Å². The summed E-state index contributed by atoms with van der Waals surface area (Å²) in [5.41, 5.74) is 13.7. The lowest BCUT2D eigenvalue weighted by Gasteiger charge is -2.10. The van der Waals surface area contributed by atoms with Crippen LogP contribution in [0, 0.1) is 0 Å². The lowest BCUT2D eigenvalue weighted by atomic mass is 9.99. The molecule has 4 heterocycles. The maximum absolute atomic E-state index is 6.82. The van der Waals surface area contributed by atoms with Crippen molar-refractivity contribution in [3.05, 3.63) is 206 Å². The molecule has 0 atom stereocenters. The number of para-hydroxylation sites is 3. The Hall–Kier alpha value is -8.61. The molecule has 0 unspecified atom stereocenters. The van der Waals surface area contributed by atoms with Crippen LogP contribution in [0.15, 0.2) is 215 Å². The Kier molecular flexibility index (Phi) is 7.80. The zero-order valence-corrected chi connectivity index (χ0v) is 33.7. The van der Waals surface area contributed by atoms with E-state index in [-0.39, 0.29) is 0 Å². The van der Waals surface area contributed by atoms with Crippen molar-refractivity contribution in [2.45, 2.75) is 0 Å². The number of hydrogen-bond donors (Lipinski definition) is 0. The molecule has 6 heteroatoms. The highest BCUT2D eigenvalue weighted by Gasteiger charge is 2.21. The minimum atomic E-state index is 0.579. The molecule has 0 saturated heterocycles. The van der Waals surface area contributed by atoms with Crippen LogP contribution in [0.5, 0.6) is 0 Å². The highest BCUT2D eigenvalue weighted by atomic mass is 16.3. The maximum atomic E-state index is 6.82. The first-order valence-corrected chi connectivity index (χ1v) is 21.1. The summed E-state index contributed by atoms with van der Waals surface area (Å²) in [5.74, 6) is 1.79. The molecule has 294 valence electrons. The number of rotatable bonds is 6. The fraction of sp³-hybridized carbons (Fsp3) is 0. The molecule has 13 rings (SSSR count). The zero-order valence-electron chi connectivity index (χ0n) is 33.7. The topological polar surface area (TPSA) is 69.9 Å². The van der Waals surface area contributed by atoms with Gasteiger partial charge < -0.3 is 13.4 Å². The number of aromatic nitrogens is 4. The summed E-state index contributed by atoms with van der Waals surface area (Å²) in [7, 11) is 0. The summed E-state index contributed by atoms with van der Waals surface area (Å²) in [4.78, 5) is 15.3. The molecule has 0 saturated carbocycles. The van der Waals surface area contributed by atoms with Crippen LogP contribution < -0.4 is 0 Å². The predicted octanol–water partition coefficient (Wildman–Crippen LogP) is 15.1. The number of fused-ring (bicyclic) bond motifs is 9. The summed E-state index contributed by atoms with van der Waals surface area (Å²) in [6.07, 6.45) is 0. The van der Waals surface area contributed by atoms with Crippen LogP contribution in [0.1, 0.15) is 0 Å². The summed E-state index contributed by atoms with van der Waals surface area (Å²) in [6, 6.07) is 71.5. The lowest BCUT2D eigenvalue weighted by molar-refractivity contribution is 0.668. The highest BCUT2D eigenvalue weighted by molar-refractivity contribution is 6.16. The first-order chi connectivity index (χ1) is 31.2. The average molecular weight is 807 g/mol. The molecule has 0 bridgehead atoms. The van der Waals surface area contributed by atoms with Crippen molar-refractivity contribution < 1.29 is 8.83 Å². The molecule has 0 fully saturated rings. The van der Waals surface area contributed by atoms with Crippen molar-refractivity contribution in [3.8, 4) is 62.1 Å². The summed E-state index contributed by atoms with van der Waals surface area (Å²) >= 11 is 0. The van der Waals surface area contributed by atoms with Crippen LogP contribution in [0.4, 0.5) is 0 Å². The molecule has 0 aliphatic carbocycles. The molecule has 13 aromatic rings. The van der Waals surface area contributed by atoms with Gasteiger partial charge in [-0.2, -0.15) is 0 Å². The van der Waals surface area contributed by atoms with Gasteiger partial charge in [-0.3, -0.25) is 0 Å². The second-order valence-electron chi connectivity index (χ2n) is 15.9. The van der Waals surface area contributed by atoms with Crippen LogP contribution in [-0.4, -0.2) is 19.5 Å². The number of furan rings is 2. The van der Waals surface area contributed by atoms with Gasteiger partial charge in [0.05, 0.1) is 11.0 Å². The van der Waals surface area contributed by atoms with E-state index in [0.717, 1.165) is 88.5 Å². The highest BCUT2D eigenvalue weighted by Crippen LogP contribution is 2.42. The molecule has 0 aliphatic heterocycles. The van der Waals surface area contributed by atoms with Crippen molar-refractivity contribution in [3.63, 3.8) is 0 Å². The molecule has 6 nitrogen and oxygen atoms in total. The van der Waals surface area contributed by atoms with Crippen LogP contribution >= 0.6 is 0 Å². The van der Waals surface area contributed by atoms with E-state index < -0.39 is 0 Å². The smallest absolute Gasteiger partial charge is 0.164 e. The molecule has 0 spiro atoms. The van der Waals surface area contributed by atoms with Crippen LogP contribution in [0.2, 0.25) is 0 Å². The molecule has 0 radical (unpaired) electrons. The van der Waals surface area contributed by atoms with Gasteiger partial charge in [0.15, 0.2) is 17.5 Å². The van der Waals surface area contributed by atoms with Gasteiger partial charge in [0.25, 0.3) is 0 Å². The van der Waals surface area contributed by atoms with E-state index in [1.54, 1.807) is 0 Å². The Morgan fingerprint density at radius 3 is 1.57 bits per heavy atom. The van der Waals surface area contributed by atoms with E-state index in [1.165, 1.54) is 21.8 Å². The third kappa shape index (κ3) is 5.69. The van der Waals surface area contributed by atoms with Crippen LogP contribution in [-0.2, 0) is 0 Å². The van der Waals surface area contributed by atoms with E-state index in [4.69, 9.17) is 23.8 Å². The van der Waals surface area contributed by atoms with Gasteiger partial charge in [-0.25, -0.2) is 15.0 Å². The monoisotopic (exact) mass is 806 g/mol. The van der Waals surface area contributed by atoms with E-state index in [9.17, 15) is 0 Å². The Balaban J connectivity index is 0.949. The average Bonchev–Trinajstić information content (AvgIpc) is 4.04. The van der Waals surface area contributed by atoms with Gasteiger partial charge in [-0.05, 0) is 65.2 Å². The quantitative estimate of drug-likeness (QED) is 0.167. The molecular weight excluding hydrogens is 773 g/mol. The van der Waals surface area contributed by atoms with Crippen molar-refractivity contribution in [1.29, 1.82) is 0 Å². The largest absolute Gasteiger partial charge is 0.456 e.